The number of amides is 2. The number of rotatable bonds is 5. The maximum absolute atomic E-state index is 11.9. The third-order valence-corrected chi connectivity index (χ3v) is 3.04. The van der Waals surface area contributed by atoms with Crippen molar-refractivity contribution in [2.45, 2.75) is 6.92 Å². The lowest BCUT2D eigenvalue weighted by molar-refractivity contribution is -0.384. The van der Waals surface area contributed by atoms with Gasteiger partial charge >= 0.3 is 0 Å². The van der Waals surface area contributed by atoms with E-state index >= 15 is 0 Å². The highest BCUT2D eigenvalue weighted by Crippen LogP contribution is 2.13. The molecule has 2 rings (SSSR count). The Bertz CT molecular complexity index is 759. The summed E-state index contributed by atoms with van der Waals surface area (Å²) in [6, 6.07) is 11.6. The van der Waals surface area contributed by atoms with Crippen molar-refractivity contribution < 1.29 is 19.2 Å². The standard InChI is InChI=1S/C16H15N3O5/c1-2-24-14-8-6-11(7-9-14)15(20)17-18-16(21)12-4-3-5-13(10-12)19(22)23/h3-10H,2H2,1H3,(H,17,20)(H,18,21). The molecular weight excluding hydrogens is 314 g/mol. The van der Waals surface area contributed by atoms with Gasteiger partial charge in [-0.25, -0.2) is 0 Å². The van der Waals surface area contributed by atoms with Crippen LogP contribution in [-0.2, 0) is 0 Å². The van der Waals surface area contributed by atoms with Gasteiger partial charge in [0, 0.05) is 23.3 Å². The Hall–Kier alpha value is -3.42. The second-order valence-electron chi connectivity index (χ2n) is 4.67. The topological polar surface area (TPSA) is 111 Å². The van der Waals surface area contributed by atoms with Gasteiger partial charge in [-0.1, -0.05) is 6.07 Å². The van der Waals surface area contributed by atoms with E-state index in [4.69, 9.17) is 4.74 Å². The van der Waals surface area contributed by atoms with Crippen molar-refractivity contribution in [3.8, 4) is 5.75 Å². The molecule has 8 heteroatoms. The van der Waals surface area contributed by atoms with E-state index in [9.17, 15) is 19.7 Å². The van der Waals surface area contributed by atoms with Crippen LogP contribution in [0.2, 0.25) is 0 Å². The molecule has 0 saturated carbocycles. The normalized spacial score (nSPS) is 9.88. The zero-order valence-electron chi connectivity index (χ0n) is 12.8. The molecule has 124 valence electrons. The number of benzene rings is 2. The average molecular weight is 329 g/mol. The van der Waals surface area contributed by atoms with E-state index in [0.29, 0.717) is 17.9 Å². The predicted molar refractivity (Wildman–Crippen MR) is 85.6 cm³/mol. The van der Waals surface area contributed by atoms with Crippen LogP contribution in [0.25, 0.3) is 0 Å². The van der Waals surface area contributed by atoms with Crippen LogP contribution >= 0.6 is 0 Å². The van der Waals surface area contributed by atoms with E-state index in [1.807, 2.05) is 6.92 Å². The van der Waals surface area contributed by atoms with Gasteiger partial charge in [-0.15, -0.1) is 0 Å². The lowest BCUT2D eigenvalue weighted by atomic mass is 10.2. The van der Waals surface area contributed by atoms with Crippen LogP contribution in [-0.4, -0.2) is 23.3 Å². The van der Waals surface area contributed by atoms with Crippen LogP contribution in [0.4, 0.5) is 5.69 Å². The van der Waals surface area contributed by atoms with Gasteiger partial charge in [0.05, 0.1) is 11.5 Å². The number of carbonyl (C=O) groups is 2. The summed E-state index contributed by atoms with van der Waals surface area (Å²) in [4.78, 5) is 34.0. The van der Waals surface area contributed by atoms with Crippen LogP contribution in [0.15, 0.2) is 48.5 Å². The quantitative estimate of drug-likeness (QED) is 0.644. The molecule has 0 spiro atoms. The number of hydrazine groups is 1. The van der Waals surface area contributed by atoms with Crippen molar-refractivity contribution in [3.63, 3.8) is 0 Å². The van der Waals surface area contributed by atoms with E-state index in [2.05, 4.69) is 10.9 Å². The summed E-state index contributed by atoms with van der Waals surface area (Å²) >= 11 is 0. The number of hydrogen-bond donors (Lipinski definition) is 2. The monoisotopic (exact) mass is 329 g/mol. The van der Waals surface area contributed by atoms with Gasteiger partial charge < -0.3 is 4.74 Å². The summed E-state index contributed by atoms with van der Waals surface area (Å²) in [5.74, 6) is -0.538. The third-order valence-electron chi connectivity index (χ3n) is 3.04. The van der Waals surface area contributed by atoms with Gasteiger partial charge in [-0.2, -0.15) is 0 Å². The van der Waals surface area contributed by atoms with E-state index in [-0.39, 0.29) is 11.3 Å². The highest BCUT2D eigenvalue weighted by atomic mass is 16.6. The molecule has 0 aliphatic heterocycles. The van der Waals surface area contributed by atoms with Crippen LogP contribution in [0.3, 0.4) is 0 Å². The SMILES string of the molecule is CCOc1ccc(C(=O)NNC(=O)c2cccc([N+](=O)[O-])c2)cc1. The van der Waals surface area contributed by atoms with Crippen molar-refractivity contribution in [3.05, 3.63) is 69.8 Å². The highest BCUT2D eigenvalue weighted by molar-refractivity contribution is 5.99. The summed E-state index contributed by atoms with van der Waals surface area (Å²) in [6.45, 7) is 2.37. The van der Waals surface area contributed by atoms with Gasteiger partial charge in [0.15, 0.2) is 0 Å². The Balaban J connectivity index is 1.97. The number of nitro groups is 1. The fourth-order valence-corrected chi connectivity index (χ4v) is 1.89. The average Bonchev–Trinajstić information content (AvgIpc) is 2.60. The molecule has 0 fully saturated rings. The zero-order valence-corrected chi connectivity index (χ0v) is 12.8. The summed E-state index contributed by atoms with van der Waals surface area (Å²) in [7, 11) is 0. The highest BCUT2D eigenvalue weighted by Gasteiger charge is 2.12. The number of nitro benzene ring substituents is 1. The van der Waals surface area contributed by atoms with Gasteiger partial charge in [-0.05, 0) is 37.3 Å². The molecule has 0 unspecified atom stereocenters. The molecule has 2 amide bonds. The molecule has 24 heavy (non-hydrogen) atoms. The molecule has 0 heterocycles. The molecular formula is C16H15N3O5. The fourth-order valence-electron chi connectivity index (χ4n) is 1.89. The Morgan fingerprint density at radius 3 is 2.25 bits per heavy atom. The molecule has 2 aromatic rings. The van der Waals surface area contributed by atoms with Crippen LogP contribution in [0.5, 0.6) is 5.75 Å². The first-order chi connectivity index (χ1) is 11.5. The van der Waals surface area contributed by atoms with E-state index < -0.39 is 16.7 Å². The molecule has 0 bridgehead atoms. The molecule has 2 N–H and O–H groups in total. The first-order valence-electron chi connectivity index (χ1n) is 7.09. The number of ether oxygens (including phenoxy) is 1. The zero-order chi connectivity index (χ0) is 17.5. The van der Waals surface area contributed by atoms with Gasteiger partial charge in [-0.3, -0.25) is 30.6 Å². The Morgan fingerprint density at radius 1 is 1.04 bits per heavy atom. The third kappa shape index (κ3) is 4.29. The van der Waals surface area contributed by atoms with E-state index in [1.165, 1.54) is 18.2 Å². The number of hydrogen-bond acceptors (Lipinski definition) is 5. The second kappa shape index (κ2) is 7.73. The molecule has 0 aliphatic carbocycles. The lowest BCUT2D eigenvalue weighted by Crippen LogP contribution is -2.41. The first-order valence-corrected chi connectivity index (χ1v) is 7.09. The number of carbonyl (C=O) groups excluding carboxylic acids is 2. The fraction of sp³-hybridized carbons (Fsp3) is 0.125. The maximum Gasteiger partial charge on any atom is 0.270 e. The van der Waals surface area contributed by atoms with Crippen LogP contribution < -0.4 is 15.6 Å². The van der Waals surface area contributed by atoms with Crippen molar-refractivity contribution in [2.75, 3.05) is 6.61 Å². The largest absolute Gasteiger partial charge is 0.494 e. The minimum Gasteiger partial charge on any atom is -0.494 e. The number of non-ortho nitro benzene ring substituents is 1. The van der Waals surface area contributed by atoms with Crippen molar-refractivity contribution in [1.82, 2.24) is 10.9 Å². The molecule has 8 nitrogen and oxygen atoms in total. The minimum atomic E-state index is -0.655. The van der Waals surface area contributed by atoms with E-state index in [0.717, 1.165) is 6.07 Å². The molecule has 0 aromatic heterocycles. The summed E-state index contributed by atoms with van der Waals surface area (Å²) in [5, 5.41) is 10.7. The van der Waals surface area contributed by atoms with Crippen LogP contribution in [0, 0.1) is 10.1 Å². The van der Waals surface area contributed by atoms with Crippen molar-refractivity contribution in [1.29, 1.82) is 0 Å². The minimum absolute atomic E-state index is 0.0659. The summed E-state index contributed by atoms with van der Waals surface area (Å²) < 4.78 is 5.27. The van der Waals surface area contributed by atoms with Crippen molar-refractivity contribution in [2.24, 2.45) is 0 Å². The molecule has 0 aliphatic rings. The molecule has 0 atom stereocenters. The Labute approximate surface area is 137 Å². The van der Waals surface area contributed by atoms with E-state index in [1.54, 1.807) is 24.3 Å². The van der Waals surface area contributed by atoms with Gasteiger partial charge in [0.1, 0.15) is 5.75 Å². The maximum atomic E-state index is 11.9. The number of nitrogens with zero attached hydrogens (tertiary/aromatic N) is 1. The second-order valence-corrected chi connectivity index (χ2v) is 4.67. The van der Waals surface area contributed by atoms with Gasteiger partial charge in [0.25, 0.3) is 17.5 Å². The lowest BCUT2D eigenvalue weighted by Gasteiger charge is -2.08. The molecule has 0 saturated heterocycles. The summed E-state index contributed by atoms with van der Waals surface area (Å²) in [5.41, 5.74) is 4.65. The summed E-state index contributed by atoms with van der Waals surface area (Å²) in [6.07, 6.45) is 0. The number of nitrogens with one attached hydrogen (secondary N) is 2. The van der Waals surface area contributed by atoms with Gasteiger partial charge in [0.2, 0.25) is 0 Å². The van der Waals surface area contributed by atoms with Crippen LogP contribution in [0.1, 0.15) is 27.6 Å². The molecule has 2 aromatic carbocycles. The van der Waals surface area contributed by atoms with Crippen molar-refractivity contribution >= 4 is 17.5 Å². The Morgan fingerprint density at radius 2 is 1.67 bits per heavy atom. The predicted octanol–water partition coefficient (Wildman–Crippen LogP) is 2.07. The smallest absolute Gasteiger partial charge is 0.270 e. The Kier molecular flexibility index (Phi) is 5.45. The molecule has 0 radical (unpaired) electrons. The first kappa shape index (κ1) is 16.9.